The van der Waals surface area contributed by atoms with Gasteiger partial charge in [-0.3, -0.25) is 4.79 Å². The van der Waals surface area contributed by atoms with E-state index in [2.05, 4.69) is 29.1 Å². The molecule has 0 heterocycles. The summed E-state index contributed by atoms with van der Waals surface area (Å²) in [4.78, 5) is 45.3. The van der Waals surface area contributed by atoms with Gasteiger partial charge in [-0.1, -0.05) is 13.2 Å². The van der Waals surface area contributed by atoms with Crippen molar-refractivity contribution in [2.45, 2.75) is 38.6 Å². The maximum atomic E-state index is 12.1. The molecule has 0 aromatic carbocycles. The van der Waals surface area contributed by atoms with Crippen LogP contribution in [0.2, 0.25) is 0 Å². The fraction of sp³-hybridized carbons (Fsp3) is 0.556. The van der Waals surface area contributed by atoms with Crippen molar-refractivity contribution in [1.29, 1.82) is 0 Å². The number of esters is 2. The number of carbonyl (C=O) groups is 4. The molecule has 0 radical (unpaired) electrons. The summed E-state index contributed by atoms with van der Waals surface area (Å²) < 4.78 is 9.92. The van der Waals surface area contributed by atoms with Gasteiger partial charge in [-0.05, 0) is 26.2 Å². The zero-order chi connectivity index (χ0) is 20.7. The first kappa shape index (κ1) is 24.2. The maximum absolute atomic E-state index is 12.1. The van der Waals surface area contributed by atoms with Gasteiger partial charge in [0.1, 0.15) is 18.8 Å². The molecule has 0 aliphatic heterocycles. The molecule has 0 saturated carbocycles. The second-order valence-electron chi connectivity index (χ2n) is 6.11. The van der Waals surface area contributed by atoms with Crippen LogP contribution in [0.3, 0.4) is 0 Å². The van der Waals surface area contributed by atoms with E-state index in [1.165, 1.54) is 6.92 Å². The largest absolute Gasteiger partial charge is 0.460 e. The molecule has 0 aliphatic carbocycles. The Labute approximate surface area is 159 Å². The first-order chi connectivity index (χ1) is 12.7. The van der Waals surface area contributed by atoms with Crippen LogP contribution in [0.25, 0.3) is 0 Å². The second kappa shape index (κ2) is 13.4. The fourth-order valence-electron chi connectivity index (χ4n) is 1.90. The van der Waals surface area contributed by atoms with Crippen molar-refractivity contribution in [1.82, 2.24) is 16.0 Å². The second-order valence-corrected chi connectivity index (χ2v) is 6.11. The Balaban J connectivity index is 4.36. The molecule has 3 N–H and O–H groups in total. The predicted molar refractivity (Wildman–Crippen MR) is 99.8 cm³/mol. The molecular weight excluding hydrogens is 354 g/mol. The number of unbranched alkanes of at least 4 members (excludes halogenated alkanes) is 2. The highest BCUT2D eigenvalue weighted by Gasteiger charge is 2.30. The normalized spacial score (nSPS) is 10.3. The molecule has 0 unspecified atom stereocenters. The third-order valence-corrected chi connectivity index (χ3v) is 3.33. The van der Waals surface area contributed by atoms with Crippen molar-refractivity contribution in [2.24, 2.45) is 0 Å². The van der Waals surface area contributed by atoms with Crippen LogP contribution < -0.4 is 16.0 Å². The van der Waals surface area contributed by atoms with Gasteiger partial charge >= 0.3 is 18.0 Å². The minimum atomic E-state index is -1.12. The van der Waals surface area contributed by atoms with Gasteiger partial charge in [-0.15, -0.1) is 0 Å². The number of ether oxygens (including phenoxy) is 2. The topological polar surface area (TPSA) is 123 Å². The highest BCUT2D eigenvalue weighted by atomic mass is 16.5. The van der Waals surface area contributed by atoms with E-state index in [0.717, 1.165) is 31.4 Å². The molecule has 0 aromatic heterocycles. The van der Waals surface area contributed by atoms with Gasteiger partial charge in [0.15, 0.2) is 0 Å². The summed E-state index contributed by atoms with van der Waals surface area (Å²) in [6, 6.07) is -0.483. The molecule has 0 aliphatic rings. The van der Waals surface area contributed by atoms with Crippen LogP contribution >= 0.6 is 0 Å². The fourth-order valence-corrected chi connectivity index (χ4v) is 1.90. The number of hydrogen-bond donors (Lipinski definition) is 3. The predicted octanol–water partition coefficient (Wildman–Crippen LogP) is 0.809. The van der Waals surface area contributed by atoms with Gasteiger partial charge in [-0.2, -0.15) is 0 Å². The van der Waals surface area contributed by atoms with Crippen LogP contribution in [-0.2, 0) is 23.9 Å². The smallest absolute Gasteiger partial charge is 0.330 e. The van der Waals surface area contributed by atoms with E-state index in [1.54, 1.807) is 6.92 Å². The Bertz CT molecular complexity index is 523. The molecule has 9 heteroatoms. The summed E-state index contributed by atoms with van der Waals surface area (Å²) in [7, 11) is 0. The lowest BCUT2D eigenvalue weighted by Crippen LogP contribution is -2.56. The van der Waals surface area contributed by atoms with Crippen molar-refractivity contribution in [3.63, 3.8) is 0 Å². The summed E-state index contributed by atoms with van der Waals surface area (Å²) in [6.07, 6.45) is 4.39. The maximum Gasteiger partial charge on any atom is 0.330 e. The molecular formula is C18H29N3O6. The summed E-state index contributed by atoms with van der Waals surface area (Å²) in [5.74, 6) is -1.38. The molecule has 0 saturated heterocycles. The van der Waals surface area contributed by atoms with Crippen molar-refractivity contribution >= 4 is 23.9 Å². The molecule has 9 nitrogen and oxygen atoms in total. The Hall–Kier alpha value is -2.84. The van der Waals surface area contributed by atoms with Crippen molar-refractivity contribution in [3.8, 4) is 0 Å². The number of carbonyl (C=O) groups excluding carboxylic acids is 4. The minimum absolute atomic E-state index is 0.0684. The summed E-state index contributed by atoms with van der Waals surface area (Å²) in [6.45, 7) is 10.3. The highest BCUT2D eigenvalue weighted by molar-refractivity contribution is 5.82. The standard InChI is InChI=1S/C18H29N3O6/c1-5-15(23)26-12-18(4,13-27-16(24)6-2)21-17(25)20-11-9-7-8-10-19-14(3)22/h5-6H,1-2,7-13H2,3-4H3,(H,19,22)(H2,20,21,25). The monoisotopic (exact) mass is 383 g/mol. The number of urea groups is 1. The van der Waals surface area contributed by atoms with Crippen molar-refractivity contribution in [2.75, 3.05) is 26.3 Å². The SMILES string of the molecule is C=CC(=O)OCC(C)(COC(=O)C=C)NC(=O)NCCCCCNC(C)=O. The average Bonchev–Trinajstić information content (AvgIpc) is 2.63. The Morgan fingerprint density at radius 2 is 1.37 bits per heavy atom. The lowest BCUT2D eigenvalue weighted by molar-refractivity contribution is -0.144. The lowest BCUT2D eigenvalue weighted by atomic mass is 10.1. The minimum Gasteiger partial charge on any atom is -0.460 e. The summed E-state index contributed by atoms with van der Waals surface area (Å²) in [5.41, 5.74) is -1.12. The van der Waals surface area contributed by atoms with Gasteiger partial charge in [0, 0.05) is 32.2 Å². The van der Waals surface area contributed by atoms with E-state index in [4.69, 9.17) is 9.47 Å². The number of hydrogen-bond acceptors (Lipinski definition) is 6. The van der Waals surface area contributed by atoms with Crippen LogP contribution in [0.1, 0.15) is 33.1 Å². The molecule has 0 atom stereocenters. The van der Waals surface area contributed by atoms with Gasteiger partial charge in [0.25, 0.3) is 0 Å². The molecule has 0 bridgehead atoms. The zero-order valence-corrected chi connectivity index (χ0v) is 16.0. The summed E-state index contributed by atoms with van der Waals surface area (Å²) >= 11 is 0. The third-order valence-electron chi connectivity index (χ3n) is 3.33. The average molecular weight is 383 g/mol. The van der Waals surface area contributed by atoms with Crippen LogP contribution in [0.4, 0.5) is 4.79 Å². The Morgan fingerprint density at radius 1 is 0.889 bits per heavy atom. The molecule has 0 fully saturated rings. The molecule has 0 aromatic rings. The van der Waals surface area contributed by atoms with Gasteiger partial charge in [0.05, 0.1) is 0 Å². The van der Waals surface area contributed by atoms with E-state index in [1.807, 2.05) is 0 Å². The molecule has 3 amide bonds. The number of amides is 3. The number of nitrogens with one attached hydrogen (secondary N) is 3. The van der Waals surface area contributed by atoms with E-state index in [-0.39, 0.29) is 19.1 Å². The van der Waals surface area contributed by atoms with Gasteiger partial charge in [0.2, 0.25) is 5.91 Å². The summed E-state index contributed by atoms with van der Waals surface area (Å²) in [5, 5.41) is 8.02. The van der Waals surface area contributed by atoms with E-state index >= 15 is 0 Å². The molecule has 27 heavy (non-hydrogen) atoms. The van der Waals surface area contributed by atoms with E-state index < -0.39 is 23.5 Å². The highest BCUT2D eigenvalue weighted by Crippen LogP contribution is 2.07. The first-order valence-electron chi connectivity index (χ1n) is 8.61. The Kier molecular flexibility index (Phi) is 12.0. The molecule has 0 rings (SSSR count). The van der Waals surface area contributed by atoms with Gasteiger partial charge < -0.3 is 25.4 Å². The molecule has 152 valence electrons. The first-order valence-corrected chi connectivity index (χ1v) is 8.61. The van der Waals surface area contributed by atoms with Crippen molar-refractivity contribution in [3.05, 3.63) is 25.3 Å². The lowest BCUT2D eigenvalue weighted by Gasteiger charge is -2.29. The van der Waals surface area contributed by atoms with Crippen LogP contribution in [-0.4, -0.2) is 55.7 Å². The van der Waals surface area contributed by atoms with E-state index in [0.29, 0.717) is 13.1 Å². The number of rotatable bonds is 13. The Morgan fingerprint density at radius 3 is 1.81 bits per heavy atom. The quantitative estimate of drug-likeness (QED) is 0.246. The third kappa shape index (κ3) is 13.1. The van der Waals surface area contributed by atoms with Crippen molar-refractivity contribution < 1.29 is 28.7 Å². The van der Waals surface area contributed by atoms with E-state index in [9.17, 15) is 19.2 Å². The molecule has 0 spiro atoms. The van der Waals surface area contributed by atoms with Crippen LogP contribution in [0, 0.1) is 0 Å². The van der Waals surface area contributed by atoms with Crippen LogP contribution in [0.15, 0.2) is 25.3 Å². The zero-order valence-electron chi connectivity index (χ0n) is 16.0. The van der Waals surface area contributed by atoms with Gasteiger partial charge in [-0.25, -0.2) is 14.4 Å². The van der Waals surface area contributed by atoms with Crippen LogP contribution in [0.5, 0.6) is 0 Å².